The molecule has 0 unspecified atom stereocenters. The van der Waals surface area contributed by atoms with E-state index in [1.165, 1.54) is 6.42 Å². The summed E-state index contributed by atoms with van der Waals surface area (Å²) in [5.41, 5.74) is 3.72. The number of aryl methyl sites for hydroxylation is 2. The molecule has 2 aromatic carbocycles. The summed E-state index contributed by atoms with van der Waals surface area (Å²) in [6.07, 6.45) is 5.52. The van der Waals surface area contributed by atoms with Gasteiger partial charge in [-0.1, -0.05) is 53.7 Å². The third-order valence-corrected chi connectivity index (χ3v) is 6.02. The van der Waals surface area contributed by atoms with Crippen molar-refractivity contribution in [2.45, 2.75) is 58.5 Å². The van der Waals surface area contributed by atoms with Crippen molar-refractivity contribution >= 4 is 17.5 Å². The van der Waals surface area contributed by atoms with Crippen LogP contribution in [0.25, 0.3) is 11.4 Å². The first-order chi connectivity index (χ1) is 14.5. The highest BCUT2D eigenvalue weighted by atomic mass is 35.5. The Morgan fingerprint density at radius 3 is 2.53 bits per heavy atom. The molecule has 156 valence electrons. The number of amides is 1. The molecule has 3 aromatic rings. The maximum Gasteiger partial charge on any atom is 0.254 e. The molecule has 0 spiro atoms. The van der Waals surface area contributed by atoms with Crippen molar-refractivity contribution in [3.05, 3.63) is 70.1 Å². The second-order valence-corrected chi connectivity index (χ2v) is 8.50. The Balaban J connectivity index is 1.60. The lowest BCUT2D eigenvalue weighted by molar-refractivity contribution is 0.0585. The van der Waals surface area contributed by atoms with Crippen LogP contribution in [0.5, 0.6) is 0 Å². The quantitative estimate of drug-likeness (QED) is 0.506. The summed E-state index contributed by atoms with van der Waals surface area (Å²) >= 11 is 5.97. The van der Waals surface area contributed by atoms with E-state index >= 15 is 0 Å². The first-order valence-electron chi connectivity index (χ1n) is 10.5. The number of benzene rings is 2. The highest BCUT2D eigenvalue weighted by Crippen LogP contribution is 2.27. The monoisotopic (exact) mass is 423 g/mol. The molecule has 0 bridgehead atoms. The predicted octanol–water partition coefficient (Wildman–Crippen LogP) is 5.98. The van der Waals surface area contributed by atoms with E-state index in [1.807, 2.05) is 43.0 Å². The van der Waals surface area contributed by atoms with E-state index in [2.05, 4.69) is 16.2 Å². The molecule has 1 heterocycles. The molecular weight excluding hydrogens is 398 g/mol. The maximum atomic E-state index is 13.5. The molecule has 1 fully saturated rings. The van der Waals surface area contributed by atoms with Crippen LogP contribution in [0.4, 0.5) is 0 Å². The van der Waals surface area contributed by atoms with Crippen LogP contribution in [0.3, 0.4) is 0 Å². The molecule has 30 heavy (non-hydrogen) atoms. The van der Waals surface area contributed by atoms with E-state index in [9.17, 15) is 4.79 Å². The number of rotatable bonds is 5. The zero-order valence-corrected chi connectivity index (χ0v) is 18.2. The van der Waals surface area contributed by atoms with E-state index in [1.54, 1.807) is 12.1 Å². The van der Waals surface area contributed by atoms with Gasteiger partial charge in [-0.05, 0) is 62.6 Å². The second kappa shape index (κ2) is 9.00. The van der Waals surface area contributed by atoms with Gasteiger partial charge >= 0.3 is 0 Å². The lowest BCUT2D eigenvalue weighted by atomic mass is 9.93. The van der Waals surface area contributed by atoms with Gasteiger partial charge in [0.05, 0.1) is 0 Å². The fourth-order valence-electron chi connectivity index (χ4n) is 4.15. The zero-order chi connectivity index (χ0) is 21.1. The fraction of sp³-hybridized carbons (Fsp3) is 0.375. The highest BCUT2D eigenvalue weighted by Gasteiger charge is 2.29. The number of carbonyl (C=O) groups is 1. The largest absolute Gasteiger partial charge is 0.337 e. The van der Waals surface area contributed by atoms with Crippen LogP contribution in [-0.4, -0.2) is 27.0 Å². The van der Waals surface area contributed by atoms with Crippen molar-refractivity contribution in [1.29, 1.82) is 0 Å². The minimum atomic E-state index is 0.0330. The minimum absolute atomic E-state index is 0.0330. The van der Waals surface area contributed by atoms with E-state index in [0.717, 1.165) is 47.9 Å². The Labute approximate surface area is 182 Å². The molecule has 0 aliphatic heterocycles. The van der Waals surface area contributed by atoms with Crippen molar-refractivity contribution in [2.75, 3.05) is 0 Å². The van der Waals surface area contributed by atoms with Crippen molar-refractivity contribution in [1.82, 2.24) is 15.0 Å². The summed E-state index contributed by atoms with van der Waals surface area (Å²) in [6.45, 7) is 4.35. The summed E-state index contributed by atoms with van der Waals surface area (Å²) in [5.74, 6) is 0.985. The average molecular weight is 424 g/mol. The van der Waals surface area contributed by atoms with Gasteiger partial charge in [0.2, 0.25) is 11.7 Å². The van der Waals surface area contributed by atoms with Gasteiger partial charge < -0.3 is 9.42 Å². The van der Waals surface area contributed by atoms with Crippen molar-refractivity contribution in [3.63, 3.8) is 0 Å². The normalized spacial score (nSPS) is 14.6. The Hall–Kier alpha value is -2.66. The molecule has 6 heteroatoms. The summed E-state index contributed by atoms with van der Waals surface area (Å²) in [5, 5.41) is 4.77. The molecule has 5 nitrogen and oxygen atoms in total. The number of halogens is 1. The Morgan fingerprint density at radius 2 is 1.83 bits per heavy atom. The number of hydrogen-bond donors (Lipinski definition) is 0. The Kier molecular flexibility index (Phi) is 6.18. The van der Waals surface area contributed by atoms with Crippen LogP contribution >= 0.6 is 11.6 Å². The van der Waals surface area contributed by atoms with Gasteiger partial charge in [-0.2, -0.15) is 4.98 Å². The van der Waals surface area contributed by atoms with Gasteiger partial charge in [0.15, 0.2) is 0 Å². The SMILES string of the molecule is Cc1ccc(C(=O)N(Cc2nc(-c3ccc(Cl)cc3)no2)C2CCCCC2)c(C)c1. The lowest BCUT2D eigenvalue weighted by Crippen LogP contribution is -2.41. The predicted molar refractivity (Wildman–Crippen MR) is 117 cm³/mol. The number of hydrogen-bond acceptors (Lipinski definition) is 4. The number of carbonyl (C=O) groups excluding carboxylic acids is 1. The molecule has 4 rings (SSSR count). The van der Waals surface area contributed by atoms with Gasteiger partial charge in [0.1, 0.15) is 6.54 Å². The molecular formula is C24H26ClN3O2. The number of nitrogens with zero attached hydrogens (tertiary/aromatic N) is 3. The van der Waals surface area contributed by atoms with Crippen LogP contribution in [0.15, 0.2) is 47.0 Å². The van der Waals surface area contributed by atoms with Gasteiger partial charge in [-0.25, -0.2) is 0 Å². The molecule has 0 saturated heterocycles. The van der Waals surface area contributed by atoms with Crippen LogP contribution < -0.4 is 0 Å². The molecule has 1 saturated carbocycles. The maximum absolute atomic E-state index is 13.5. The topological polar surface area (TPSA) is 59.2 Å². The standard InChI is InChI=1S/C24H26ClN3O2/c1-16-8-13-21(17(2)14-16)24(29)28(20-6-4-3-5-7-20)15-22-26-23(27-30-22)18-9-11-19(25)12-10-18/h8-14,20H,3-7,15H2,1-2H3. The van der Waals surface area contributed by atoms with Crippen molar-refractivity contribution in [2.24, 2.45) is 0 Å². The first kappa shape index (κ1) is 20.6. The van der Waals surface area contributed by atoms with Crippen LogP contribution in [0.2, 0.25) is 5.02 Å². The second-order valence-electron chi connectivity index (χ2n) is 8.06. The summed E-state index contributed by atoms with van der Waals surface area (Å²) in [6, 6.07) is 13.5. The van der Waals surface area contributed by atoms with E-state index in [4.69, 9.17) is 16.1 Å². The third kappa shape index (κ3) is 4.57. The Morgan fingerprint density at radius 1 is 1.10 bits per heavy atom. The van der Waals surface area contributed by atoms with E-state index in [0.29, 0.717) is 23.3 Å². The van der Waals surface area contributed by atoms with Gasteiger partial charge in [-0.15, -0.1) is 0 Å². The third-order valence-electron chi connectivity index (χ3n) is 5.76. The smallest absolute Gasteiger partial charge is 0.254 e. The highest BCUT2D eigenvalue weighted by molar-refractivity contribution is 6.30. The van der Waals surface area contributed by atoms with Crippen LogP contribution in [0.1, 0.15) is 59.5 Å². The van der Waals surface area contributed by atoms with Gasteiger partial charge in [0, 0.05) is 22.2 Å². The molecule has 1 aliphatic carbocycles. The summed E-state index contributed by atoms with van der Waals surface area (Å²) in [4.78, 5) is 20.0. The van der Waals surface area contributed by atoms with Gasteiger partial charge in [0.25, 0.3) is 5.91 Å². The van der Waals surface area contributed by atoms with Crippen molar-refractivity contribution < 1.29 is 9.32 Å². The van der Waals surface area contributed by atoms with Crippen LogP contribution in [0, 0.1) is 13.8 Å². The van der Waals surface area contributed by atoms with Gasteiger partial charge in [-0.3, -0.25) is 4.79 Å². The lowest BCUT2D eigenvalue weighted by Gasteiger charge is -2.34. The molecule has 0 N–H and O–H groups in total. The minimum Gasteiger partial charge on any atom is -0.337 e. The first-order valence-corrected chi connectivity index (χ1v) is 10.9. The molecule has 0 atom stereocenters. The summed E-state index contributed by atoms with van der Waals surface area (Å²) in [7, 11) is 0. The Bertz CT molecular complexity index is 1020. The fourth-order valence-corrected chi connectivity index (χ4v) is 4.27. The average Bonchev–Trinajstić information content (AvgIpc) is 3.21. The van der Waals surface area contributed by atoms with Crippen molar-refractivity contribution in [3.8, 4) is 11.4 Å². The van der Waals surface area contributed by atoms with Crippen LogP contribution in [-0.2, 0) is 6.54 Å². The zero-order valence-electron chi connectivity index (χ0n) is 17.4. The summed E-state index contributed by atoms with van der Waals surface area (Å²) < 4.78 is 5.52. The molecule has 1 aliphatic rings. The molecule has 1 amide bonds. The molecule has 1 aromatic heterocycles. The van der Waals surface area contributed by atoms with E-state index < -0.39 is 0 Å². The molecule has 0 radical (unpaired) electrons. The van der Waals surface area contributed by atoms with E-state index in [-0.39, 0.29) is 11.9 Å². The number of aromatic nitrogens is 2.